The highest BCUT2D eigenvalue weighted by molar-refractivity contribution is 8.16. The van der Waals surface area contributed by atoms with Gasteiger partial charge in [-0.3, -0.25) is 0 Å². The molecule has 1 heterocycles. The third kappa shape index (κ3) is 1.78. The average molecular weight is 132 g/mol. The van der Waals surface area contributed by atoms with Gasteiger partial charge in [-0.2, -0.15) is 0 Å². The molecule has 0 spiro atoms. The second-order valence-corrected chi connectivity index (χ2v) is 3.90. The van der Waals surface area contributed by atoms with Crippen LogP contribution in [0.2, 0.25) is 0 Å². The Balaban J connectivity index is 2.25. The van der Waals surface area contributed by atoms with Crippen LogP contribution in [0.25, 0.3) is 0 Å². The van der Waals surface area contributed by atoms with Gasteiger partial charge in [0.15, 0.2) is 0 Å². The summed E-state index contributed by atoms with van der Waals surface area (Å²) in [5.74, 6) is 2.38. The second-order valence-electron chi connectivity index (χ2n) is 1.56. The van der Waals surface area contributed by atoms with Crippen LogP contribution in [-0.2, 0) is 0 Å². The van der Waals surface area contributed by atoms with E-state index in [0.717, 1.165) is 0 Å². The maximum Gasteiger partial charge on any atom is 0.0398 e. The van der Waals surface area contributed by atoms with Crippen LogP contribution >= 0.6 is 23.5 Å². The first-order chi connectivity index (χ1) is 3.39. The van der Waals surface area contributed by atoms with E-state index in [1.165, 1.54) is 22.2 Å². The molecule has 1 fully saturated rings. The van der Waals surface area contributed by atoms with Crippen LogP contribution in [0.3, 0.4) is 0 Å². The van der Waals surface area contributed by atoms with E-state index in [-0.39, 0.29) is 0 Å². The molecule has 7 heavy (non-hydrogen) atoms. The van der Waals surface area contributed by atoms with Gasteiger partial charge in [-0.1, -0.05) is 12.2 Å². The molecule has 0 N–H and O–H groups in total. The van der Waals surface area contributed by atoms with E-state index in [1.54, 1.807) is 0 Å². The summed E-state index contributed by atoms with van der Waals surface area (Å²) in [4.78, 5) is 0. The fourth-order valence-corrected chi connectivity index (χ4v) is 2.52. The van der Waals surface area contributed by atoms with Crippen molar-refractivity contribution in [2.24, 2.45) is 0 Å². The highest BCUT2D eigenvalue weighted by atomic mass is 32.2. The number of thioether (sulfide) groups is 2. The van der Waals surface area contributed by atoms with E-state index in [1.807, 2.05) is 23.5 Å². The van der Waals surface area contributed by atoms with Crippen LogP contribution < -0.4 is 0 Å². The van der Waals surface area contributed by atoms with Crippen LogP contribution in [0.5, 0.6) is 0 Å². The topological polar surface area (TPSA) is 0 Å². The van der Waals surface area contributed by atoms with E-state index in [2.05, 4.69) is 6.58 Å². The van der Waals surface area contributed by atoms with Crippen molar-refractivity contribution < 1.29 is 0 Å². The summed E-state index contributed by atoms with van der Waals surface area (Å²) in [5, 5.41) is 1.26. The third-order valence-electron chi connectivity index (χ3n) is 0.779. The Labute approximate surface area is 52.7 Å². The zero-order chi connectivity index (χ0) is 5.11. The Morgan fingerprint density at radius 2 is 1.86 bits per heavy atom. The molecule has 0 unspecified atom stereocenters. The molecule has 1 aliphatic rings. The maximum absolute atomic E-state index is 3.87. The Morgan fingerprint density at radius 1 is 1.29 bits per heavy atom. The molecule has 1 rings (SSSR count). The van der Waals surface area contributed by atoms with E-state index in [0.29, 0.717) is 0 Å². The van der Waals surface area contributed by atoms with Crippen molar-refractivity contribution in [3.63, 3.8) is 0 Å². The smallest absolute Gasteiger partial charge is 0.0398 e. The molecule has 0 aromatic rings. The van der Waals surface area contributed by atoms with Crippen molar-refractivity contribution >= 4 is 23.5 Å². The first-order valence-corrected chi connectivity index (χ1v) is 4.52. The van der Waals surface area contributed by atoms with Gasteiger partial charge in [-0.15, -0.1) is 23.5 Å². The van der Waals surface area contributed by atoms with Crippen molar-refractivity contribution in [2.45, 2.75) is 0 Å². The Kier molecular flexibility index (Phi) is 2.13. The lowest BCUT2D eigenvalue weighted by molar-refractivity contribution is 1.44. The summed E-state index contributed by atoms with van der Waals surface area (Å²) in [7, 11) is 0. The van der Waals surface area contributed by atoms with Crippen LogP contribution in [-0.4, -0.2) is 16.6 Å². The van der Waals surface area contributed by atoms with Crippen molar-refractivity contribution in [1.29, 1.82) is 0 Å². The quantitative estimate of drug-likeness (QED) is 0.462. The molecule has 0 atom stereocenters. The fraction of sp³-hybridized carbons (Fsp3) is 0.600. The monoisotopic (exact) mass is 132 g/mol. The molecule has 1 aliphatic heterocycles. The van der Waals surface area contributed by atoms with Gasteiger partial charge in [-0.25, -0.2) is 0 Å². The molecule has 0 radical (unpaired) electrons. The van der Waals surface area contributed by atoms with Gasteiger partial charge < -0.3 is 0 Å². The minimum Gasteiger partial charge on any atom is -0.147 e. The van der Waals surface area contributed by atoms with Crippen molar-refractivity contribution in [1.82, 2.24) is 0 Å². The van der Waals surface area contributed by atoms with Crippen LogP contribution in [0.15, 0.2) is 12.2 Å². The number of hydrogen-bond donors (Lipinski definition) is 0. The zero-order valence-electron chi connectivity index (χ0n) is 4.14. The molecule has 0 amide bonds. The van der Waals surface area contributed by atoms with Crippen molar-refractivity contribution in [3.8, 4) is 0 Å². The molecule has 0 aromatic heterocycles. The third-order valence-corrected chi connectivity index (χ3v) is 3.34. The highest BCUT2D eigenvalue weighted by Gasteiger charge is 2.00. The summed E-state index contributed by atoms with van der Waals surface area (Å²) >= 11 is 3.93. The standard InChI is InChI=1S/C5H8S2/c1-5-2-6-4-7-3-5/h1-4H2. The van der Waals surface area contributed by atoms with E-state index >= 15 is 0 Å². The molecular weight excluding hydrogens is 124 g/mol. The first-order valence-electron chi connectivity index (χ1n) is 2.22. The lowest BCUT2D eigenvalue weighted by atomic mass is 10.4. The minimum atomic E-state index is 1.19. The van der Waals surface area contributed by atoms with Gasteiger partial charge in [0.25, 0.3) is 0 Å². The Hall–Kier alpha value is 0.440. The van der Waals surface area contributed by atoms with Crippen molar-refractivity contribution in [3.05, 3.63) is 12.2 Å². The van der Waals surface area contributed by atoms with E-state index < -0.39 is 0 Å². The van der Waals surface area contributed by atoms with Gasteiger partial charge in [0, 0.05) is 16.6 Å². The van der Waals surface area contributed by atoms with Gasteiger partial charge in [0.2, 0.25) is 0 Å². The van der Waals surface area contributed by atoms with E-state index in [9.17, 15) is 0 Å². The normalized spacial score (nSPS) is 22.6. The highest BCUT2D eigenvalue weighted by Crippen LogP contribution is 2.23. The molecule has 2 heteroatoms. The fourth-order valence-electron chi connectivity index (χ4n) is 0.473. The summed E-state index contributed by atoms with van der Waals surface area (Å²) in [6.45, 7) is 3.87. The first kappa shape index (κ1) is 5.57. The summed E-state index contributed by atoms with van der Waals surface area (Å²) < 4.78 is 0. The number of hydrogen-bond acceptors (Lipinski definition) is 2. The van der Waals surface area contributed by atoms with Gasteiger partial charge >= 0.3 is 0 Å². The largest absolute Gasteiger partial charge is 0.147 e. The second kappa shape index (κ2) is 2.68. The van der Waals surface area contributed by atoms with Crippen molar-refractivity contribution in [2.75, 3.05) is 16.6 Å². The zero-order valence-corrected chi connectivity index (χ0v) is 5.78. The lowest BCUT2D eigenvalue weighted by Crippen LogP contribution is -1.95. The van der Waals surface area contributed by atoms with Gasteiger partial charge in [0.1, 0.15) is 0 Å². The summed E-state index contributed by atoms with van der Waals surface area (Å²) in [6, 6.07) is 0. The molecular formula is C5H8S2. The van der Waals surface area contributed by atoms with Gasteiger partial charge in [0.05, 0.1) is 0 Å². The summed E-state index contributed by atoms with van der Waals surface area (Å²) in [5.41, 5.74) is 1.39. The molecule has 0 bridgehead atoms. The Bertz CT molecular complexity index is 70.1. The van der Waals surface area contributed by atoms with Gasteiger partial charge in [-0.05, 0) is 0 Å². The molecule has 0 saturated carbocycles. The number of rotatable bonds is 0. The Morgan fingerprint density at radius 3 is 2.14 bits per heavy atom. The molecule has 0 aromatic carbocycles. The summed E-state index contributed by atoms with van der Waals surface area (Å²) in [6.07, 6.45) is 0. The van der Waals surface area contributed by atoms with Crippen LogP contribution in [0, 0.1) is 0 Å². The molecule has 0 nitrogen and oxygen atoms in total. The van der Waals surface area contributed by atoms with Crippen LogP contribution in [0.4, 0.5) is 0 Å². The molecule has 1 saturated heterocycles. The molecule has 40 valence electrons. The predicted molar refractivity (Wildman–Crippen MR) is 38.9 cm³/mol. The molecule has 0 aliphatic carbocycles. The maximum atomic E-state index is 3.87. The van der Waals surface area contributed by atoms with E-state index in [4.69, 9.17) is 0 Å². The SMILES string of the molecule is C=C1CSCSC1. The van der Waals surface area contributed by atoms with Crippen LogP contribution in [0.1, 0.15) is 0 Å². The average Bonchev–Trinajstić information content (AvgIpc) is 1.69. The lowest BCUT2D eigenvalue weighted by Gasteiger charge is -2.09. The minimum absolute atomic E-state index is 1.19. The predicted octanol–water partition coefficient (Wildman–Crippen LogP) is 1.98.